The van der Waals surface area contributed by atoms with E-state index < -0.39 is 0 Å². The zero-order valence-corrected chi connectivity index (χ0v) is 19.6. The highest BCUT2D eigenvalue weighted by Gasteiger charge is 2.27. The first kappa shape index (κ1) is 21.0. The lowest BCUT2D eigenvalue weighted by Crippen LogP contribution is -2.45. The fourth-order valence-electron chi connectivity index (χ4n) is 4.85. The van der Waals surface area contributed by atoms with Crippen LogP contribution in [0.5, 0.6) is 0 Å². The summed E-state index contributed by atoms with van der Waals surface area (Å²) in [6.07, 6.45) is 5.96. The average Bonchev–Trinajstić information content (AvgIpc) is 3.28. The van der Waals surface area contributed by atoms with Crippen LogP contribution < -0.4 is 15.5 Å². The highest BCUT2D eigenvalue weighted by molar-refractivity contribution is 5.96. The molecule has 0 unspecified atom stereocenters. The third-order valence-electron chi connectivity index (χ3n) is 7.00. The molecule has 1 aliphatic heterocycles. The molecule has 1 saturated carbocycles. The molecule has 2 fully saturated rings. The van der Waals surface area contributed by atoms with Crippen molar-refractivity contribution in [3.63, 3.8) is 0 Å². The van der Waals surface area contributed by atoms with E-state index in [1.165, 1.54) is 18.5 Å². The van der Waals surface area contributed by atoms with Gasteiger partial charge in [0, 0.05) is 48.4 Å². The van der Waals surface area contributed by atoms with Gasteiger partial charge in [-0.2, -0.15) is 10.1 Å². The summed E-state index contributed by atoms with van der Waals surface area (Å²) < 4.78 is 7.56. The summed E-state index contributed by atoms with van der Waals surface area (Å²) in [5, 5.41) is 19.7. The van der Waals surface area contributed by atoms with Gasteiger partial charge in [0.15, 0.2) is 17.4 Å². The third-order valence-corrected chi connectivity index (χ3v) is 7.00. The Morgan fingerprint density at radius 3 is 2.75 bits per heavy atom. The third kappa shape index (κ3) is 3.94. The lowest BCUT2D eigenvalue weighted by atomic mass is 10.1. The Morgan fingerprint density at radius 1 is 1.06 bits per heavy atom. The topological polar surface area (TPSA) is 116 Å². The first-order valence-electron chi connectivity index (χ1n) is 12.4. The van der Waals surface area contributed by atoms with Crippen LogP contribution in [0.3, 0.4) is 0 Å². The predicted octanol–water partition coefficient (Wildman–Crippen LogP) is 4.22. The summed E-state index contributed by atoms with van der Waals surface area (Å²) in [5.41, 5.74) is 2.78. The number of carbonyl (C=O) groups excluding carboxylic acids is 1. The SMILES string of the molecule is O=C(NC1CCN(c2nc(Nc3cc(C4CC4)[nH]n3)c3cccn3n2)CC1)c1cc2ccccc2o1. The Bertz CT molecular complexity index is 1520. The van der Waals surface area contributed by atoms with Crippen LogP contribution in [0.1, 0.15) is 47.8 Å². The molecule has 1 saturated heterocycles. The molecule has 0 atom stereocenters. The molecule has 0 spiro atoms. The molecule has 182 valence electrons. The van der Waals surface area contributed by atoms with Gasteiger partial charge in [0.25, 0.3) is 5.91 Å². The Balaban J connectivity index is 1.04. The summed E-state index contributed by atoms with van der Waals surface area (Å²) in [5.74, 6) is 2.91. The van der Waals surface area contributed by atoms with Crippen LogP contribution >= 0.6 is 0 Å². The molecule has 1 aromatic carbocycles. The highest BCUT2D eigenvalue weighted by atomic mass is 16.3. The van der Waals surface area contributed by atoms with Crippen LogP contribution in [0, 0.1) is 0 Å². The predicted molar refractivity (Wildman–Crippen MR) is 136 cm³/mol. The Hall–Kier alpha value is -4.34. The number of amides is 1. The molecule has 36 heavy (non-hydrogen) atoms. The van der Waals surface area contributed by atoms with Crippen molar-refractivity contribution in [1.82, 2.24) is 30.1 Å². The van der Waals surface area contributed by atoms with E-state index in [0.29, 0.717) is 17.6 Å². The van der Waals surface area contributed by atoms with Crippen molar-refractivity contribution in [2.75, 3.05) is 23.3 Å². The van der Waals surface area contributed by atoms with Crippen molar-refractivity contribution in [2.45, 2.75) is 37.6 Å². The number of benzene rings is 1. The minimum Gasteiger partial charge on any atom is -0.451 e. The van der Waals surface area contributed by atoms with Gasteiger partial charge in [0.2, 0.25) is 5.95 Å². The van der Waals surface area contributed by atoms with E-state index in [4.69, 9.17) is 14.5 Å². The van der Waals surface area contributed by atoms with E-state index >= 15 is 0 Å². The minimum atomic E-state index is -0.175. The number of hydrogen-bond acceptors (Lipinski definition) is 7. The number of aromatic nitrogens is 5. The van der Waals surface area contributed by atoms with Gasteiger partial charge in [0.05, 0.1) is 0 Å². The summed E-state index contributed by atoms with van der Waals surface area (Å²) in [4.78, 5) is 19.8. The number of carbonyl (C=O) groups is 1. The number of rotatable bonds is 6. The second-order valence-corrected chi connectivity index (χ2v) is 9.59. The van der Waals surface area contributed by atoms with Crippen LogP contribution in [-0.4, -0.2) is 49.8 Å². The largest absolute Gasteiger partial charge is 0.451 e. The summed E-state index contributed by atoms with van der Waals surface area (Å²) in [6.45, 7) is 1.48. The van der Waals surface area contributed by atoms with Crippen LogP contribution in [0.2, 0.25) is 0 Å². The Morgan fingerprint density at radius 2 is 1.92 bits per heavy atom. The summed E-state index contributed by atoms with van der Waals surface area (Å²) in [7, 11) is 0. The van der Waals surface area contributed by atoms with E-state index in [2.05, 4.69) is 31.8 Å². The average molecular weight is 483 g/mol. The second-order valence-electron chi connectivity index (χ2n) is 9.59. The number of anilines is 3. The number of para-hydroxylation sites is 1. The number of H-pyrrole nitrogens is 1. The summed E-state index contributed by atoms with van der Waals surface area (Å²) >= 11 is 0. The first-order chi connectivity index (χ1) is 17.7. The van der Waals surface area contributed by atoms with Gasteiger partial charge in [0.1, 0.15) is 11.1 Å². The van der Waals surface area contributed by atoms with E-state index in [-0.39, 0.29) is 11.9 Å². The van der Waals surface area contributed by atoms with Gasteiger partial charge in [-0.3, -0.25) is 9.89 Å². The smallest absolute Gasteiger partial charge is 0.287 e. The molecule has 5 aromatic rings. The molecule has 5 heterocycles. The van der Waals surface area contributed by atoms with Gasteiger partial charge in [-0.05, 0) is 49.9 Å². The molecule has 1 amide bonds. The second kappa shape index (κ2) is 8.40. The standard InChI is InChI=1S/C26H26N8O2/c35-25(22-14-17-4-1-2-6-21(17)36-22)27-18-9-12-33(13-10-18)26-29-24(20-5-3-11-34(20)32-26)28-23-15-19(30-31-23)16-7-8-16/h1-6,11,14-16,18H,7-10,12-13H2,(H,27,35)(H2,28,29,30,31,32). The normalized spacial score (nSPS) is 16.6. The highest BCUT2D eigenvalue weighted by Crippen LogP contribution is 2.39. The van der Waals surface area contributed by atoms with Gasteiger partial charge < -0.3 is 20.0 Å². The van der Waals surface area contributed by atoms with Crippen molar-refractivity contribution in [3.8, 4) is 0 Å². The molecule has 7 rings (SSSR count). The van der Waals surface area contributed by atoms with E-state index in [1.807, 2.05) is 47.1 Å². The number of fused-ring (bicyclic) bond motifs is 2. The quantitative estimate of drug-likeness (QED) is 0.332. The Labute approximate surface area is 206 Å². The fourth-order valence-corrected chi connectivity index (χ4v) is 4.85. The number of aromatic amines is 1. The zero-order valence-electron chi connectivity index (χ0n) is 19.6. The number of nitrogens with zero attached hydrogens (tertiary/aromatic N) is 5. The molecule has 10 heteroatoms. The number of furan rings is 1. The number of piperidine rings is 1. The lowest BCUT2D eigenvalue weighted by Gasteiger charge is -2.32. The zero-order chi connectivity index (χ0) is 24.1. The maximum Gasteiger partial charge on any atom is 0.287 e. The summed E-state index contributed by atoms with van der Waals surface area (Å²) in [6, 6.07) is 15.5. The van der Waals surface area contributed by atoms with Gasteiger partial charge in [-0.15, -0.1) is 5.10 Å². The number of hydrogen-bond donors (Lipinski definition) is 3. The first-order valence-corrected chi connectivity index (χ1v) is 12.4. The molecule has 0 bridgehead atoms. The van der Waals surface area contributed by atoms with E-state index in [9.17, 15) is 4.79 Å². The molecule has 1 aliphatic carbocycles. The van der Waals surface area contributed by atoms with E-state index in [1.54, 1.807) is 6.07 Å². The van der Waals surface area contributed by atoms with Crippen molar-refractivity contribution in [2.24, 2.45) is 0 Å². The molecule has 2 aliphatic rings. The number of nitrogens with one attached hydrogen (secondary N) is 3. The fraction of sp³-hybridized carbons (Fsp3) is 0.308. The molecule has 10 nitrogen and oxygen atoms in total. The van der Waals surface area contributed by atoms with Gasteiger partial charge in [-0.1, -0.05) is 18.2 Å². The maximum atomic E-state index is 12.8. The van der Waals surface area contributed by atoms with Crippen LogP contribution in [-0.2, 0) is 0 Å². The maximum absolute atomic E-state index is 12.8. The van der Waals surface area contributed by atoms with Crippen molar-refractivity contribution >= 4 is 40.0 Å². The minimum absolute atomic E-state index is 0.0692. The Kier molecular flexibility index (Phi) is 4.90. The van der Waals surface area contributed by atoms with Crippen LogP contribution in [0.15, 0.2) is 59.1 Å². The molecular weight excluding hydrogens is 456 g/mol. The van der Waals surface area contributed by atoms with Crippen LogP contribution in [0.4, 0.5) is 17.6 Å². The van der Waals surface area contributed by atoms with Crippen molar-refractivity contribution in [1.29, 1.82) is 0 Å². The van der Waals surface area contributed by atoms with E-state index in [0.717, 1.165) is 54.1 Å². The van der Waals surface area contributed by atoms with Gasteiger partial charge in [-0.25, -0.2) is 4.52 Å². The van der Waals surface area contributed by atoms with Crippen molar-refractivity contribution < 1.29 is 9.21 Å². The van der Waals surface area contributed by atoms with Crippen LogP contribution in [0.25, 0.3) is 16.5 Å². The lowest BCUT2D eigenvalue weighted by molar-refractivity contribution is 0.0905. The van der Waals surface area contributed by atoms with Crippen molar-refractivity contribution in [3.05, 3.63) is 66.2 Å². The molecule has 3 N–H and O–H groups in total. The van der Waals surface area contributed by atoms with Gasteiger partial charge >= 0.3 is 0 Å². The monoisotopic (exact) mass is 482 g/mol. The molecule has 0 radical (unpaired) electrons. The molecular formula is C26H26N8O2. The molecule has 4 aromatic heterocycles.